The van der Waals surface area contributed by atoms with Crippen LogP contribution in [-0.2, 0) is 15.1 Å². The number of nitro benzene ring substituents is 1. The Balaban J connectivity index is 1.43. The Hall–Kier alpha value is -4.70. The van der Waals surface area contributed by atoms with E-state index < -0.39 is 28.2 Å². The zero-order valence-corrected chi connectivity index (χ0v) is 21.5. The number of hydrogen-bond donors (Lipinski definition) is 0. The highest BCUT2D eigenvalue weighted by atomic mass is 16.6. The number of nitro groups is 1. The van der Waals surface area contributed by atoms with E-state index >= 15 is 0 Å². The number of amides is 2. The summed E-state index contributed by atoms with van der Waals surface area (Å²) in [6.45, 7) is 2.39. The number of aromatic nitrogens is 2. The second kappa shape index (κ2) is 7.70. The first-order valence-electron chi connectivity index (χ1n) is 13.4. The largest absolute Gasteiger partial charge is 0.283 e. The molecule has 0 bridgehead atoms. The lowest BCUT2D eigenvalue weighted by atomic mass is 9.75. The maximum absolute atomic E-state index is 14.6. The van der Waals surface area contributed by atoms with E-state index in [0.29, 0.717) is 34.5 Å². The van der Waals surface area contributed by atoms with Gasteiger partial charge in [0.05, 0.1) is 39.0 Å². The highest BCUT2D eigenvalue weighted by Crippen LogP contribution is 2.62. The number of hydrogen-bond acceptors (Lipinski definition) is 7. The van der Waals surface area contributed by atoms with Gasteiger partial charge in [-0.3, -0.25) is 34.0 Å². The Morgan fingerprint density at radius 3 is 2.58 bits per heavy atom. The third kappa shape index (κ3) is 2.57. The van der Waals surface area contributed by atoms with Gasteiger partial charge in [0, 0.05) is 23.7 Å². The Morgan fingerprint density at radius 1 is 0.975 bits per heavy atom. The first-order valence-corrected chi connectivity index (χ1v) is 13.4. The molecule has 1 spiro atoms. The average Bonchev–Trinajstić information content (AvgIpc) is 3.67. The number of nitrogens with zero attached hydrogens (tertiary/aromatic N) is 5. The van der Waals surface area contributed by atoms with Gasteiger partial charge in [0.15, 0.2) is 0 Å². The number of para-hydroxylation sites is 2. The third-order valence-electron chi connectivity index (χ3n) is 9.28. The standard InChI is InChI=1S/C30H23N5O5/c1-16-12-13-17(35(39)40)15-23(16)33-27(37)24-22-11-6-14-32(22)30(25(24)28(33)38)19-8-3-5-10-21(19)34-26(36)18-7-2-4-9-20(18)31-29(30)34/h2-5,7-10,12-13,15,22,24-25H,6,11,14H2,1H3/t22-,24+,25-,30+/m1/s1. The number of imide groups is 1. The second-order valence-corrected chi connectivity index (χ2v) is 11.0. The summed E-state index contributed by atoms with van der Waals surface area (Å²) in [5.41, 5.74) is 1.28. The zero-order chi connectivity index (χ0) is 27.5. The molecule has 0 radical (unpaired) electrons. The lowest BCUT2D eigenvalue weighted by Gasteiger charge is -2.38. The van der Waals surface area contributed by atoms with E-state index in [-0.39, 0.29) is 28.9 Å². The van der Waals surface area contributed by atoms with Crippen molar-refractivity contribution in [1.29, 1.82) is 0 Å². The maximum Gasteiger partial charge on any atom is 0.271 e. The van der Waals surface area contributed by atoms with Crippen LogP contribution in [0.3, 0.4) is 0 Å². The molecule has 0 unspecified atom stereocenters. The Bertz CT molecular complexity index is 1900. The number of carbonyl (C=O) groups excluding carboxylic acids is 2. The average molecular weight is 534 g/mol. The van der Waals surface area contributed by atoms with Crippen molar-refractivity contribution in [2.24, 2.45) is 11.8 Å². The van der Waals surface area contributed by atoms with Crippen molar-refractivity contribution < 1.29 is 14.5 Å². The Kier molecular flexibility index (Phi) is 4.47. The molecule has 8 rings (SSSR count). The number of aryl methyl sites for hydroxylation is 1. The van der Waals surface area contributed by atoms with Crippen LogP contribution in [0, 0.1) is 28.9 Å². The zero-order valence-electron chi connectivity index (χ0n) is 21.5. The number of non-ortho nitro benzene ring substituents is 1. The molecule has 1 aromatic heterocycles. The van der Waals surface area contributed by atoms with Gasteiger partial charge < -0.3 is 0 Å². The molecule has 0 N–H and O–H groups in total. The van der Waals surface area contributed by atoms with Crippen molar-refractivity contribution >= 4 is 34.1 Å². The third-order valence-corrected chi connectivity index (χ3v) is 9.28. The minimum absolute atomic E-state index is 0.188. The molecule has 2 amide bonds. The van der Waals surface area contributed by atoms with Crippen LogP contribution in [0.5, 0.6) is 0 Å². The highest BCUT2D eigenvalue weighted by Gasteiger charge is 2.73. The van der Waals surface area contributed by atoms with Crippen molar-refractivity contribution in [3.8, 4) is 5.69 Å². The van der Waals surface area contributed by atoms with Crippen molar-refractivity contribution in [2.45, 2.75) is 31.3 Å². The minimum Gasteiger partial charge on any atom is -0.283 e. The predicted molar refractivity (Wildman–Crippen MR) is 145 cm³/mol. The van der Waals surface area contributed by atoms with E-state index in [1.54, 1.807) is 35.8 Å². The van der Waals surface area contributed by atoms with E-state index in [1.165, 1.54) is 12.1 Å². The summed E-state index contributed by atoms with van der Waals surface area (Å²) in [4.78, 5) is 62.3. The maximum atomic E-state index is 14.6. The van der Waals surface area contributed by atoms with Crippen molar-refractivity contribution in [2.75, 3.05) is 11.4 Å². The van der Waals surface area contributed by atoms with E-state index in [1.807, 2.05) is 30.3 Å². The SMILES string of the molecule is Cc1ccc([N+](=O)[O-])cc1N1C(=O)[C@H]2[C@H]3CCCN3[C@@]3(c4ccccc4-n4c3nc3ccccc3c4=O)[C@H]2C1=O. The van der Waals surface area contributed by atoms with E-state index in [4.69, 9.17) is 4.98 Å². The summed E-state index contributed by atoms with van der Waals surface area (Å²) in [6.07, 6.45) is 1.57. The molecule has 4 aliphatic rings. The van der Waals surface area contributed by atoms with Crippen LogP contribution >= 0.6 is 0 Å². The number of fused-ring (bicyclic) bond motifs is 11. The molecule has 3 fully saturated rings. The van der Waals surface area contributed by atoms with Gasteiger partial charge in [-0.15, -0.1) is 0 Å². The molecular weight excluding hydrogens is 510 g/mol. The van der Waals surface area contributed by atoms with Crippen molar-refractivity contribution in [3.63, 3.8) is 0 Å². The molecule has 10 nitrogen and oxygen atoms in total. The van der Waals surface area contributed by atoms with Gasteiger partial charge in [-0.1, -0.05) is 36.4 Å². The lowest BCUT2D eigenvalue weighted by Crippen LogP contribution is -2.51. The summed E-state index contributed by atoms with van der Waals surface area (Å²) in [7, 11) is 0. The molecule has 10 heteroatoms. The summed E-state index contributed by atoms with van der Waals surface area (Å²) in [6, 6.07) is 18.7. The first-order chi connectivity index (χ1) is 19.4. The van der Waals surface area contributed by atoms with Gasteiger partial charge >= 0.3 is 0 Å². The molecule has 3 aromatic carbocycles. The lowest BCUT2D eigenvalue weighted by molar-refractivity contribution is -0.384. The van der Waals surface area contributed by atoms with Crippen molar-refractivity contribution in [1.82, 2.24) is 14.5 Å². The fourth-order valence-electron chi connectivity index (χ4n) is 7.80. The van der Waals surface area contributed by atoms with Gasteiger partial charge in [0.25, 0.3) is 11.2 Å². The number of rotatable bonds is 2. The molecule has 5 heterocycles. The van der Waals surface area contributed by atoms with Crippen LogP contribution < -0.4 is 10.5 Å². The van der Waals surface area contributed by atoms with Gasteiger partial charge in [-0.25, -0.2) is 9.88 Å². The smallest absolute Gasteiger partial charge is 0.271 e. The fourth-order valence-corrected chi connectivity index (χ4v) is 7.80. The Labute approximate surface area is 227 Å². The van der Waals surface area contributed by atoms with Crippen LogP contribution in [0.15, 0.2) is 71.5 Å². The molecule has 4 atom stereocenters. The van der Waals surface area contributed by atoms with Crippen LogP contribution in [0.2, 0.25) is 0 Å². The van der Waals surface area contributed by atoms with Gasteiger partial charge in [-0.2, -0.15) is 0 Å². The van der Waals surface area contributed by atoms with E-state index in [2.05, 4.69) is 4.90 Å². The van der Waals surface area contributed by atoms with Crippen LogP contribution in [0.1, 0.15) is 29.8 Å². The van der Waals surface area contributed by atoms with Crippen molar-refractivity contribution in [3.05, 3.63) is 104 Å². The molecule has 198 valence electrons. The molecular formula is C30H23N5O5. The Morgan fingerprint density at radius 2 is 1.75 bits per heavy atom. The van der Waals surface area contributed by atoms with E-state index in [9.17, 15) is 24.5 Å². The molecule has 4 aromatic rings. The van der Waals surface area contributed by atoms with Crippen LogP contribution in [0.25, 0.3) is 16.6 Å². The molecule has 0 aliphatic carbocycles. The number of benzene rings is 3. The normalized spacial score (nSPS) is 26.4. The molecule has 3 saturated heterocycles. The highest BCUT2D eigenvalue weighted by molar-refractivity contribution is 6.23. The molecule has 40 heavy (non-hydrogen) atoms. The summed E-state index contributed by atoms with van der Waals surface area (Å²) in [5, 5.41) is 12.1. The van der Waals surface area contributed by atoms with Crippen LogP contribution in [0.4, 0.5) is 11.4 Å². The van der Waals surface area contributed by atoms with Gasteiger partial charge in [0.1, 0.15) is 11.4 Å². The number of anilines is 1. The summed E-state index contributed by atoms with van der Waals surface area (Å²) in [5.74, 6) is -1.83. The fraction of sp³-hybridized carbons (Fsp3) is 0.267. The molecule has 0 saturated carbocycles. The van der Waals surface area contributed by atoms with Crippen LogP contribution in [-0.4, -0.2) is 43.8 Å². The first kappa shape index (κ1) is 23.2. The second-order valence-electron chi connectivity index (χ2n) is 11.0. The molecule has 4 aliphatic heterocycles. The quantitative estimate of drug-likeness (QED) is 0.220. The topological polar surface area (TPSA) is 119 Å². The summed E-state index contributed by atoms with van der Waals surface area (Å²) < 4.78 is 1.62. The monoisotopic (exact) mass is 533 g/mol. The predicted octanol–water partition coefficient (Wildman–Crippen LogP) is 3.44. The number of carbonyl (C=O) groups is 2. The van der Waals surface area contributed by atoms with E-state index in [0.717, 1.165) is 23.3 Å². The minimum atomic E-state index is -1.12. The van der Waals surface area contributed by atoms with Gasteiger partial charge in [-0.05, 0) is 50.1 Å². The summed E-state index contributed by atoms with van der Waals surface area (Å²) >= 11 is 0. The van der Waals surface area contributed by atoms with Gasteiger partial charge in [0.2, 0.25) is 11.8 Å².